The Morgan fingerprint density at radius 3 is 2.77 bits per heavy atom. The monoisotopic (exact) mass is 428 g/mol. The van der Waals surface area contributed by atoms with Crippen LogP contribution >= 0.6 is 0 Å². The Hall–Kier alpha value is -2.88. The Balaban J connectivity index is 1.49. The molecule has 0 amide bonds. The second kappa shape index (κ2) is 7.67. The van der Waals surface area contributed by atoms with Crippen molar-refractivity contribution >= 4 is 28.5 Å². The number of nitrogens with one attached hydrogen (secondary N) is 2. The van der Waals surface area contributed by atoms with Crippen LogP contribution in [0.1, 0.15) is 44.3 Å². The minimum Gasteiger partial charge on any atom is -0.334 e. The fraction of sp³-hybridized carbons (Fsp3) is 0.524. The predicted octanol–water partition coefficient (Wildman–Crippen LogP) is 3.47. The first-order valence-electron chi connectivity index (χ1n) is 10.7. The molecule has 2 saturated heterocycles. The van der Waals surface area contributed by atoms with Crippen molar-refractivity contribution in [3.8, 4) is 0 Å². The molecule has 3 aromatic heterocycles. The molecule has 1 atom stereocenters. The Morgan fingerprint density at radius 2 is 2.06 bits per heavy atom. The normalized spacial score (nSPS) is 20.8. The molecule has 1 unspecified atom stereocenters. The zero-order valence-electron chi connectivity index (χ0n) is 17.6. The van der Waals surface area contributed by atoms with Gasteiger partial charge in [-0.2, -0.15) is 10.1 Å². The molecule has 164 valence electrons. The maximum Gasteiger partial charge on any atom is 0.267 e. The SMILES string of the molecule is CC(C)n1ncc2cnc(Nc3cc(C4CCNC4)nc(N4CCC(F)(F)C4)n3)cc21. The largest absolute Gasteiger partial charge is 0.334 e. The van der Waals surface area contributed by atoms with Crippen LogP contribution in [0.25, 0.3) is 10.9 Å². The van der Waals surface area contributed by atoms with Crippen LogP contribution in [-0.2, 0) is 0 Å². The summed E-state index contributed by atoms with van der Waals surface area (Å²) in [5.74, 6) is -0.934. The van der Waals surface area contributed by atoms with E-state index in [0.717, 1.165) is 36.1 Å². The van der Waals surface area contributed by atoms with Crippen molar-refractivity contribution in [2.24, 2.45) is 0 Å². The minimum absolute atomic E-state index is 0.175. The van der Waals surface area contributed by atoms with Gasteiger partial charge in [0.15, 0.2) is 0 Å². The van der Waals surface area contributed by atoms with Crippen LogP contribution in [0.4, 0.5) is 26.4 Å². The van der Waals surface area contributed by atoms with Gasteiger partial charge in [0.05, 0.1) is 24.0 Å². The van der Waals surface area contributed by atoms with Crippen LogP contribution in [-0.4, -0.2) is 56.8 Å². The van der Waals surface area contributed by atoms with E-state index in [0.29, 0.717) is 17.6 Å². The number of aromatic nitrogens is 5. The fourth-order valence-corrected chi connectivity index (χ4v) is 4.23. The molecule has 3 aromatic rings. The molecule has 0 saturated carbocycles. The molecule has 0 spiro atoms. The molecule has 31 heavy (non-hydrogen) atoms. The molecular weight excluding hydrogens is 402 g/mol. The van der Waals surface area contributed by atoms with Crippen molar-refractivity contribution < 1.29 is 8.78 Å². The molecule has 0 radical (unpaired) electrons. The van der Waals surface area contributed by atoms with Crippen molar-refractivity contribution in [2.75, 3.05) is 36.4 Å². The summed E-state index contributed by atoms with van der Waals surface area (Å²) in [7, 11) is 0. The standard InChI is InChI=1S/C21H26F2N8/c1-13(2)31-17-8-18(25-10-15(17)11-26-31)28-19-7-16(14-3-5-24-9-14)27-20(29-19)30-6-4-21(22,23)12-30/h7-8,10-11,13-14,24H,3-6,9,12H2,1-2H3,(H,25,27,28,29). The number of anilines is 3. The van der Waals surface area contributed by atoms with Gasteiger partial charge in [0.2, 0.25) is 5.95 Å². The number of hydrogen-bond donors (Lipinski definition) is 2. The lowest BCUT2D eigenvalue weighted by Gasteiger charge is -2.19. The second-order valence-electron chi connectivity index (χ2n) is 8.63. The number of pyridine rings is 1. The van der Waals surface area contributed by atoms with Gasteiger partial charge in [-0.25, -0.2) is 18.7 Å². The van der Waals surface area contributed by atoms with Crippen LogP contribution in [0.15, 0.2) is 24.5 Å². The van der Waals surface area contributed by atoms with Crippen LogP contribution in [0.2, 0.25) is 0 Å². The summed E-state index contributed by atoms with van der Waals surface area (Å²) < 4.78 is 29.6. The fourth-order valence-electron chi connectivity index (χ4n) is 4.23. The Kier molecular flexibility index (Phi) is 4.96. The van der Waals surface area contributed by atoms with E-state index in [1.165, 1.54) is 0 Å². The lowest BCUT2D eigenvalue weighted by molar-refractivity contribution is 0.0256. The number of hydrogen-bond acceptors (Lipinski definition) is 7. The maximum absolute atomic E-state index is 13.8. The molecule has 0 bridgehead atoms. The van der Waals surface area contributed by atoms with Gasteiger partial charge in [0.25, 0.3) is 5.92 Å². The first kappa shape index (κ1) is 20.0. The highest BCUT2D eigenvalue weighted by Gasteiger charge is 2.39. The van der Waals surface area contributed by atoms with E-state index < -0.39 is 5.92 Å². The molecular formula is C21H26F2N8. The lowest BCUT2D eigenvalue weighted by Crippen LogP contribution is -2.27. The third-order valence-electron chi connectivity index (χ3n) is 5.89. The van der Waals surface area contributed by atoms with E-state index in [-0.39, 0.29) is 31.5 Å². The van der Waals surface area contributed by atoms with Crippen molar-refractivity contribution in [2.45, 2.75) is 44.6 Å². The highest BCUT2D eigenvalue weighted by Crippen LogP contribution is 2.32. The quantitative estimate of drug-likeness (QED) is 0.644. The zero-order chi connectivity index (χ0) is 21.6. The molecule has 10 heteroatoms. The molecule has 5 rings (SSSR count). The first-order valence-corrected chi connectivity index (χ1v) is 10.7. The van der Waals surface area contributed by atoms with Gasteiger partial charge in [-0.15, -0.1) is 0 Å². The summed E-state index contributed by atoms with van der Waals surface area (Å²) >= 11 is 0. The molecule has 2 N–H and O–H groups in total. The summed E-state index contributed by atoms with van der Waals surface area (Å²) in [5.41, 5.74) is 1.84. The van der Waals surface area contributed by atoms with E-state index in [1.54, 1.807) is 17.3 Å². The minimum atomic E-state index is -2.70. The molecule has 2 aliphatic heterocycles. The van der Waals surface area contributed by atoms with E-state index in [9.17, 15) is 8.78 Å². The third kappa shape index (κ3) is 4.04. The summed E-state index contributed by atoms with van der Waals surface area (Å²) in [4.78, 5) is 15.3. The summed E-state index contributed by atoms with van der Waals surface area (Å²) in [6.07, 6.45) is 4.36. The summed E-state index contributed by atoms with van der Waals surface area (Å²) in [6, 6.07) is 4.06. The van der Waals surface area contributed by atoms with Crippen molar-refractivity contribution in [3.63, 3.8) is 0 Å². The maximum atomic E-state index is 13.8. The Bertz CT molecular complexity index is 1090. The average molecular weight is 428 g/mol. The summed E-state index contributed by atoms with van der Waals surface area (Å²) in [6.45, 7) is 5.79. The zero-order valence-corrected chi connectivity index (χ0v) is 17.6. The van der Waals surface area contributed by atoms with Crippen LogP contribution in [0.3, 0.4) is 0 Å². The Labute approximate surface area is 179 Å². The number of halogens is 2. The molecule has 5 heterocycles. The van der Waals surface area contributed by atoms with Crippen LogP contribution in [0, 0.1) is 0 Å². The van der Waals surface area contributed by atoms with Crippen molar-refractivity contribution in [3.05, 3.63) is 30.2 Å². The number of fused-ring (bicyclic) bond motifs is 1. The molecule has 2 aliphatic rings. The topological polar surface area (TPSA) is 83.8 Å². The van der Waals surface area contributed by atoms with E-state index >= 15 is 0 Å². The van der Waals surface area contributed by atoms with E-state index in [1.807, 2.05) is 16.8 Å². The molecule has 0 aromatic carbocycles. The molecule has 0 aliphatic carbocycles. The average Bonchev–Trinajstić information content (AvgIpc) is 3.46. The van der Waals surface area contributed by atoms with Gasteiger partial charge < -0.3 is 15.5 Å². The van der Waals surface area contributed by atoms with Gasteiger partial charge in [0.1, 0.15) is 11.6 Å². The molecule has 2 fully saturated rings. The lowest BCUT2D eigenvalue weighted by atomic mass is 10.0. The van der Waals surface area contributed by atoms with Gasteiger partial charge in [-0.3, -0.25) is 4.68 Å². The highest BCUT2D eigenvalue weighted by molar-refractivity contribution is 5.81. The second-order valence-corrected chi connectivity index (χ2v) is 8.63. The van der Waals surface area contributed by atoms with Gasteiger partial charge >= 0.3 is 0 Å². The highest BCUT2D eigenvalue weighted by atomic mass is 19.3. The van der Waals surface area contributed by atoms with Crippen molar-refractivity contribution in [1.29, 1.82) is 0 Å². The van der Waals surface area contributed by atoms with E-state index in [2.05, 4.69) is 44.5 Å². The predicted molar refractivity (Wildman–Crippen MR) is 115 cm³/mol. The van der Waals surface area contributed by atoms with Crippen molar-refractivity contribution in [1.82, 2.24) is 30.0 Å². The van der Waals surface area contributed by atoms with E-state index in [4.69, 9.17) is 0 Å². The van der Waals surface area contributed by atoms with Gasteiger partial charge in [-0.1, -0.05) is 0 Å². The van der Waals surface area contributed by atoms with Gasteiger partial charge in [0, 0.05) is 55.2 Å². The molecule has 8 nitrogen and oxygen atoms in total. The number of alkyl halides is 2. The first-order chi connectivity index (χ1) is 14.9. The summed E-state index contributed by atoms with van der Waals surface area (Å²) in [5, 5.41) is 12.0. The number of rotatable bonds is 5. The number of nitrogens with zero attached hydrogens (tertiary/aromatic N) is 6. The van der Waals surface area contributed by atoms with Gasteiger partial charge in [-0.05, 0) is 26.8 Å². The van der Waals surface area contributed by atoms with Crippen LogP contribution < -0.4 is 15.5 Å². The van der Waals surface area contributed by atoms with Crippen LogP contribution in [0.5, 0.6) is 0 Å². The third-order valence-corrected chi connectivity index (χ3v) is 5.89. The Morgan fingerprint density at radius 1 is 1.19 bits per heavy atom. The smallest absolute Gasteiger partial charge is 0.267 e.